The van der Waals surface area contributed by atoms with Crippen LogP contribution < -0.4 is 0 Å². The van der Waals surface area contributed by atoms with Crippen LogP contribution in [0.1, 0.15) is 0 Å². The quantitative estimate of drug-likeness (QED) is 0.218. The molecule has 5 radical (unpaired) electrons. The number of hydrogen-bond acceptors (Lipinski definition) is 0. The summed E-state index contributed by atoms with van der Waals surface area (Å²) in [5.74, 6) is 0. The minimum Gasteiger partial charge on any atom is -0.412 e. The van der Waals surface area contributed by atoms with Gasteiger partial charge in [-0.05, 0) is 0 Å². The third-order valence-corrected chi connectivity index (χ3v) is 0. The zero-order chi connectivity index (χ0) is 0. The Balaban J connectivity index is 0. The second-order valence-electron chi connectivity index (χ2n) is 0. The minimum atomic E-state index is 0. The summed E-state index contributed by atoms with van der Waals surface area (Å²) in [5, 5.41) is 0. The Kier molecular flexibility index (Phi) is 10900. The van der Waals surface area contributed by atoms with Crippen molar-refractivity contribution >= 4 is 0 Å². The van der Waals surface area contributed by atoms with Crippen LogP contribution in [0.3, 0.4) is 0 Å². The number of rotatable bonds is 0. The first kappa shape index (κ1) is 453. The van der Waals surface area contributed by atoms with Gasteiger partial charge in [0.2, 0.25) is 0 Å². The summed E-state index contributed by atoms with van der Waals surface area (Å²) < 4.78 is 0. The monoisotopic (exact) mass is 1280 g/mol. The molecule has 0 aromatic heterocycles. The maximum absolute atomic E-state index is 0. The van der Waals surface area contributed by atoms with Crippen molar-refractivity contribution in [3.8, 4) is 0 Å². The van der Waals surface area contributed by atoms with Gasteiger partial charge in [-0.15, -0.1) is 0 Å². The molecule has 0 aromatic rings. The standard InChI is InChI=1S/10H2O.Pt.5Ta/h10*1H2;;;;;;. The largest absolute Gasteiger partial charge is 0.412 e. The van der Waals surface area contributed by atoms with Gasteiger partial charge in [-0.1, -0.05) is 0 Å². The number of hydrogen-bond donors (Lipinski definition) is 0. The Bertz CT molecular complexity index is 19.2. The molecule has 0 saturated heterocycles. The van der Waals surface area contributed by atoms with Gasteiger partial charge >= 0.3 is 0 Å². The van der Waals surface area contributed by atoms with E-state index in [1.807, 2.05) is 0 Å². The average molecular weight is 1280 g/mol. The SMILES string of the molecule is O.O.O.O.O.O.O.O.O.O.[Pt].[Ta].[Ta].[Ta].[Ta].[Ta]. The maximum atomic E-state index is 0. The normalized spacial score (nSPS) is 0. The van der Waals surface area contributed by atoms with E-state index in [-0.39, 0.29) is 188 Å². The van der Waals surface area contributed by atoms with Gasteiger partial charge in [-0.25, -0.2) is 0 Å². The van der Waals surface area contributed by atoms with Gasteiger partial charge in [0.1, 0.15) is 0 Å². The molecule has 0 aliphatic carbocycles. The topological polar surface area (TPSA) is 315 Å². The molecule has 0 unspecified atom stereocenters. The van der Waals surface area contributed by atoms with Crippen LogP contribution in [-0.4, -0.2) is 54.8 Å². The predicted octanol–water partition coefficient (Wildman–Crippen LogP) is -8.26. The van der Waals surface area contributed by atoms with Crippen LogP contribution in [0.2, 0.25) is 0 Å². The Morgan fingerprint density at radius 1 is 0.188 bits per heavy atom. The summed E-state index contributed by atoms with van der Waals surface area (Å²) in [7, 11) is 0. The zero-order valence-corrected chi connectivity index (χ0v) is 25.9. The fourth-order valence-corrected chi connectivity index (χ4v) is 0. The van der Waals surface area contributed by atoms with Crippen molar-refractivity contribution in [2.75, 3.05) is 0 Å². The molecular formula is H20O10PtTa5. The molecule has 0 saturated carbocycles. The van der Waals surface area contributed by atoms with Gasteiger partial charge in [-0.2, -0.15) is 0 Å². The fourth-order valence-electron chi connectivity index (χ4n) is 0. The summed E-state index contributed by atoms with van der Waals surface area (Å²) in [5.41, 5.74) is 0. The van der Waals surface area contributed by atoms with E-state index in [1.165, 1.54) is 0 Å². The van der Waals surface area contributed by atoms with Crippen LogP contribution in [-0.2, 0) is 133 Å². The molecular weight excluding hydrogens is 1260 g/mol. The van der Waals surface area contributed by atoms with E-state index >= 15 is 0 Å². The molecule has 0 spiro atoms. The molecule has 115 valence electrons. The van der Waals surface area contributed by atoms with Crippen molar-refractivity contribution in [3.63, 3.8) is 0 Å². The average Bonchev–Trinajstić information content (AvgIpc) is 0. The summed E-state index contributed by atoms with van der Waals surface area (Å²) >= 11 is 0. The molecule has 0 heterocycles. The first-order valence-electron chi connectivity index (χ1n) is 0. The molecule has 0 aliphatic heterocycles. The third-order valence-electron chi connectivity index (χ3n) is 0. The minimum absolute atomic E-state index is 0. The fraction of sp³-hybridized carbons (Fsp3) is 0. The van der Waals surface area contributed by atoms with Crippen molar-refractivity contribution < 1.29 is 188 Å². The summed E-state index contributed by atoms with van der Waals surface area (Å²) in [6.07, 6.45) is 0. The first-order valence-corrected chi connectivity index (χ1v) is 0. The second kappa shape index (κ2) is 386. The first-order chi connectivity index (χ1) is 0. The van der Waals surface area contributed by atoms with E-state index in [4.69, 9.17) is 0 Å². The van der Waals surface area contributed by atoms with Gasteiger partial charge in [-0.3, -0.25) is 0 Å². The van der Waals surface area contributed by atoms with E-state index < -0.39 is 0 Å². The Morgan fingerprint density at radius 2 is 0.188 bits per heavy atom. The summed E-state index contributed by atoms with van der Waals surface area (Å²) in [4.78, 5) is 0. The van der Waals surface area contributed by atoms with Crippen LogP contribution >= 0.6 is 0 Å². The van der Waals surface area contributed by atoms with Crippen LogP contribution in [0.4, 0.5) is 0 Å². The smallest absolute Gasteiger partial charge is 0 e. The van der Waals surface area contributed by atoms with Crippen molar-refractivity contribution in [1.29, 1.82) is 0 Å². The summed E-state index contributed by atoms with van der Waals surface area (Å²) in [6, 6.07) is 0. The molecule has 16 heavy (non-hydrogen) atoms. The molecule has 20 N–H and O–H groups in total. The van der Waals surface area contributed by atoms with Gasteiger partial charge in [0.05, 0.1) is 0 Å². The van der Waals surface area contributed by atoms with E-state index in [0.29, 0.717) is 0 Å². The van der Waals surface area contributed by atoms with Gasteiger partial charge in [0, 0.05) is 133 Å². The van der Waals surface area contributed by atoms with Crippen LogP contribution in [0.15, 0.2) is 0 Å². The molecule has 0 aliphatic rings. The molecule has 0 atom stereocenters. The van der Waals surface area contributed by atoms with Crippen molar-refractivity contribution in [3.05, 3.63) is 0 Å². The van der Waals surface area contributed by atoms with E-state index in [1.54, 1.807) is 0 Å². The third kappa shape index (κ3) is 326. The molecule has 10 nitrogen and oxygen atoms in total. The molecule has 16 heteroatoms. The second-order valence-corrected chi connectivity index (χ2v) is 0. The molecule has 0 fully saturated rings. The molecule has 0 amide bonds. The van der Waals surface area contributed by atoms with Crippen LogP contribution in [0.25, 0.3) is 0 Å². The van der Waals surface area contributed by atoms with Crippen LogP contribution in [0, 0.1) is 0 Å². The maximum Gasteiger partial charge on any atom is 0 e. The Labute approximate surface area is 185 Å². The van der Waals surface area contributed by atoms with E-state index in [9.17, 15) is 0 Å². The van der Waals surface area contributed by atoms with Crippen molar-refractivity contribution in [2.45, 2.75) is 0 Å². The molecule has 0 rings (SSSR count). The van der Waals surface area contributed by atoms with Gasteiger partial charge in [0.25, 0.3) is 0 Å². The summed E-state index contributed by atoms with van der Waals surface area (Å²) in [6.45, 7) is 0. The molecule has 0 aromatic carbocycles. The van der Waals surface area contributed by atoms with Crippen LogP contribution in [0.5, 0.6) is 0 Å². The zero-order valence-electron chi connectivity index (χ0n) is 7.55. The Hall–Kier alpha value is 3.99. The Morgan fingerprint density at radius 3 is 0.188 bits per heavy atom. The van der Waals surface area contributed by atoms with Gasteiger partial charge in [0.15, 0.2) is 0 Å². The van der Waals surface area contributed by atoms with Gasteiger partial charge < -0.3 is 54.8 Å². The molecule has 0 bridgehead atoms. The van der Waals surface area contributed by atoms with E-state index in [2.05, 4.69) is 0 Å². The van der Waals surface area contributed by atoms with Crippen molar-refractivity contribution in [2.24, 2.45) is 0 Å². The predicted molar refractivity (Wildman–Crippen MR) is 36.1 cm³/mol. The van der Waals surface area contributed by atoms with E-state index in [0.717, 1.165) is 0 Å². The van der Waals surface area contributed by atoms with Crippen molar-refractivity contribution in [1.82, 2.24) is 0 Å².